The predicted molar refractivity (Wildman–Crippen MR) is 91.3 cm³/mol. The maximum Gasteiger partial charge on any atom is 0.229 e. The summed E-state index contributed by atoms with van der Waals surface area (Å²) in [7, 11) is 0. The first-order chi connectivity index (χ1) is 11.1. The van der Waals surface area contributed by atoms with E-state index in [0.717, 1.165) is 31.2 Å². The second kappa shape index (κ2) is 5.80. The Labute approximate surface area is 140 Å². The van der Waals surface area contributed by atoms with Gasteiger partial charge in [-0.2, -0.15) is 0 Å². The van der Waals surface area contributed by atoms with Gasteiger partial charge in [-0.1, -0.05) is 24.1 Å². The van der Waals surface area contributed by atoms with Crippen molar-refractivity contribution < 1.29 is 4.79 Å². The van der Waals surface area contributed by atoms with Gasteiger partial charge in [0.1, 0.15) is 5.52 Å². The molecule has 2 bridgehead atoms. The quantitative estimate of drug-likeness (QED) is 0.788. The molecule has 4 N–H and O–H groups in total. The van der Waals surface area contributed by atoms with Crippen molar-refractivity contribution in [2.24, 2.45) is 23.5 Å². The number of carbonyl (C=O) groups is 1. The minimum Gasteiger partial charge on any atom is -0.327 e. The predicted octanol–water partition coefficient (Wildman–Crippen LogP) is 3.31. The number of rotatable bonds is 2. The number of hydrogen-bond acceptors (Lipinski definition) is 3. The van der Waals surface area contributed by atoms with Crippen LogP contribution in [0, 0.1) is 17.8 Å². The summed E-state index contributed by atoms with van der Waals surface area (Å²) in [6.07, 6.45) is 5.35. The number of amides is 1. The highest BCUT2D eigenvalue weighted by Gasteiger charge is 2.40. The molecule has 2 unspecified atom stereocenters. The third-order valence-corrected chi connectivity index (χ3v) is 5.79. The molecular formula is C17H21ClN4O. The van der Waals surface area contributed by atoms with Crippen LogP contribution < -0.4 is 11.1 Å². The SMILES string of the molecule is NC1C2CCCC1CC(C(=O)Nc1nc3c(Cl)cccc3[nH]1)C2. The number of H-pyrrole nitrogens is 1. The highest BCUT2D eigenvalue weighted by atomic mass is 35.5. The molecule has 2 atom stereocenters. The molecule has 2 saturated carbocycles. The van der Waals surface area contributed by atoms with Gasteiger partial charge in [-0.15, -0.1) is 0 Å². The molecule has 0 radical (unpaired) electrons. The maximum absolute atomic E-state index is 12.6. The number of nitrogens with two attached hydrogens (primary N) is 1. The molecule has 1 amide bonds. The van der Waals surface area contributed by atoms with E-state index in [1.165, 1.54) is 6.42 Å². The van der Waals surface area contributed by atoms with Gasteiger partial charge < -0.3 is 10.7 Å². The molecule has 0 saturated heterocycles. The lowest BCUT2D eigenvalue weighted by molar-refractivity contribution is -0.122. The van der Waals surface area contributed by atoms with E-state index in [0.29, 0.717) is 28.3 Å². The van der Waals surface area contributed by atoms with Gasteiger partial charge in [-0.05, 0) is 49.7 Å². The van der Waals surface area contributed by atoms with Crippen LogP contribution in [0.3, 0.4) is 0 Å². The van der Waals surface area contributed by atoms with Crippen LogP contribution in [-0.4, -0.2) is 21.9 Å². The van der Waals surface area contributed by atoms with Crippen molar-refractivity contribution in [1.82, 2.24) is 9.97 Å². The summed E-state index contributed by atoms with van der Waals surface area (Å²) in [5.41, 5.74) is 7.82. The zero-order valence-electron chi connectivity index (χ0n) is 12.9. The van der Waals surface area contributed by atoms with E-state index in [9.17, 15) is 4.79 Å². The van der Waals surface area contributed by atoms with E-state index in [-0.39, 0.29) is 17.9 Å². The van der Waals surface area contributed by atoms with E-state index < -0.39 is 0 Å². The van der Waals surface area contributed by atoms with Gasteiger partial charge in [0, 0.05) is 12.0 Å². The minimum atomic E-state index is 0.0359. The fraction of sp³-hybridized carbons (Fsp3) is 0.529. The third kappa shape index (κ3) is 2.72. The zero-order valence-corrected chi connectivity index (χ0v) is 13.6. The van der Waals surface area contributed by atoms with Gasteiger partial charge in [0.15, 0.2) is 0 Å². The summed E-state index contributed by atoms with van der Waals surface area (Å²) in [6.45, 7) is 0. The number of anilines is 1. The molecule has 4 rings (SSSR count). The molecule has 0 spiro atoms. The summed E-state index contributed by atoms with van der Waals surface area (Å²) >= 11 is 6.13. The van der Waals surface area contributed by atoms with Crippen LogP contribution in [0.1, 0.15) is 32.1 Å². The molecule has 2 aliphatic carbocycles. The first-order valence-electron chi connectivity index (χ1n) is 8.32. The van der Waals surface area contributed by atoms with Crippen LogP contribution in [-0.2, 0) is 4.79 Å². The van der Waals surface area contributed by atoms with Gasteiger partial charge in [0.2, 0.25) is 11.9 Å². The van der Waals surface area contributed by atoms with Crippen LogP contribution in [0.2, 0.25) is 5.02 Å². The Morgan fingerprint density at radius 2 is 2.04 bits per heavy atom. The third-order valence-electron chi connectivity index (χ3n) is 5.49. The standard InChI is InChI=1S/C17H21ClN4O/c18-12-5-2-6-13-15(12)21-17(20-13)22-16(23)11-7-9-3-1-4-10(8-11)14(9)19/h2,5-6,9-11,14H,1,3-4,7-8,19H2,(H2,20,21,22,23). The van der Waals surface area contributed by atoms with Gasteiger partial charge in [-0.3, -0.25) is 10.1 Å². The van der Waals surface area contributed by atoms with E-state index in [1.54, 1.807) is 6.07 Å². The first-order valence-corrected chi connectivity index (χ1v) is 8.70. The Morgan fingerprint density at radius 3 is 2.74 bits per heavy atom. The summed E-state index contributed by atoms with van der Waals surface area (Å²) in [6, 6.07) is 5.82. The molecule has 2 aromatic rings. The first kappa shape index (κ1) is 15.0. The molecular weight excluding hydrogens is 312 g/mol. The van der Waals surface area contributed by atoms with Crippen LogP contribution in [0.5, 0.6) is 0 Å². The number of carbonyl (C=O) groups excluding carboxylic acids is 1. The molecule has 23 heavy (non-hydrogen) atoms. The number of aromatic nitrogens is 2. The molecule has 6 heteroatoms. The fourth-order valence-corrected chi connectivity index (χ4v) is 4.50. The van der Waals surface area contributed by atoms with E-state index in [1.807, 2.05) is 12.1 Å². The second-order valence-corrected chi connectivity index (χ2v) is 7.31. The Bertz CT molecular complexity index is 729. The molecule has 5 nitrogen and oxygen atoms in total. The number of fused-ring (bicyclic) bond motifs is 3. The van der Waals surface area contributed by atoms with E-state index >= 15 is 0 Å². The van der Waals surface area contributed by atoms with Gasteiger partial charge in [0.25, 0.3) is 0 Å². The molecule has 2 fully saturated rings. The molecule has 2 aliphatic rings. The molecule has 0 aliphatic heterocycles. The van der Waals surface area contributed by atoms with Crippen LogP contribution in [0.25, 0.3) is 11.0 Å². The number of nitrogens with zero attached hydrogens (tertiary/aromatic N) is 1. The Hall–Kier alpha value is -1.59. The lowest BCUT2D eigenvalue weighted by Crippen LogP contribution is -2.48. The molecule has 122 valence electrons. The second-order valence-electron chi connectivity index (χ2n) is 6.91. The topological polar surface area (TPSA) is 83.8 Å². The van der Waals surface area contributed by atoms with Gasteiger partial charge in [-0.25, -0.2) is 4.98 Å². The fourth-order valence-electron chi connectivity index (χ4n) is 4.28. The number of benzene rings is 1. The lowest BCUT2D eigenvalue weighted by atomic mass is 9.65. The van der Waals surface area contributed by atoms with Crippen molar-refractivity contribution in [3.05, 3.63) is 23.2 Å². The lowest BCUT2D eigenvalue weighted by Gasteiger charge is -2.43. The molecule has 1 aromatic carbocycles. The van der Waals surface area contributed by atoms with Crippen molar-refractivity contribution in [2.45, 2.75) is 38.1 Å². The summed E-state index contributed by atoms with van der Waals surface area (Å²) in [5.74, 6) is 1.53. The number of halogens is 1. The highest BCUT2D eigenvalue weighted by molar-refractivity contribution is 6.35. The number of imidazole rings is 1. The van der Waals surface area contributed by atoms with Crippen molar-refractivity contribution in [2.75, 3.05) is 5.32 Å². The zero-order chi connectivity index (χ0) is 16.0. The average Bonchev–Trinajstić information content (AvgIpc) is 2.91. The van der Waals surface area contributed by atoms with E-state index in [2.05, 4.69) is 15.3 Å². The average molecular weight is 333 g/mol. The summed E-state index contributed by atoms with van der Waals surface area (Å²) in [4.78, 5) is 20.1. The van der Waals surface area contributed by atoms with E-state index in [4.69, 9.17) is 17.3 Å². The molecule has 1 heterocycles. The number of aromatic amines is 1. The van der Waals surface area contributed by atoms with Crippen LogP contribution in [0.4, 0.5) is 5.95 Å². The Kier molecular flexibility index (Phi) is 3.77. The monoisotopic (exact) mass is 332 g/mol. The highest BCUT2D eigenvalue weighted by Crippen LogP contribution is 2.42. The van der Waals surface area contributed by atoms with Gasteiger partial charge >= 0.3 is 0 Å². The number of nitrogens with one attached hydrogen (secondary N) is 2. The van der Waals surface area contributed by atoms with Crippen molar-refractivity contribution in [3.63, 3.8) is 0 Å². The molecule has 1 aromatic heterocycles. The Morgan fingerprint density at radius 1 is 1.30 bits per heavy atom. The van der Waals surface area contributed by atoms with Crippen molar-refractivity contribution in [3.8, 4) is 0 Å². The maximum atomic E-state index is 12.6. The number of para-hydroxylation sites is 1. The van der Waals surface area contributed by atoms with Crippen LogP contribution in [0.15, 0.2) is 18.2 Å². The normalized spacial score (nSPS) is 30.3. The van der Waals surface area contributed by atoms with Crippen molar-refractivity contribution in [1.29, 1.82) is 0 Å². The summed E-state index contributed by atoms with van der Waals surface area (Å²) in [5, 5.41) is 3.51. The Balaban J connectivity index is 1.50. The summed E-state index contributed by atoms with van der Waals surface area (Å²) < 4.78 is 0. The minimum absolute atomic E-state index is 0.0359. The van der Waals surface area contributed by atoms with Crippen LogP contribution >= 0.6 is 11.6 Å². The van der Waals surface area contributed by atoms with Gasteiger partial charge in [0.05, 0.1) is 10.5 Å². The largest absolute Gasteiger partial charge is 0.327 e. The smallest absolute Gasteiger partial charge is 0.229 e. The number of hydrogen-bond donors (Lipinski definition) is 3. The van der Waals surface area contributed by atoms with Crippen molar-refractivity contribution >= 4 is 34.5 Å².